The van der Waals surface area contributed by atoms with Crippen LogP contribution in [-0.4, -0.2) is 9.78 Å². The lowest BCUT2D eigenvalue weighted by molar-refractivity contribution is 0.401. The molecule has 0 radical (unpaired) electrons. The fourth-order valence-electron chi connectivity index (χ4n) is 2.60. The summed E-state index contributed by atoms with van der Waals surface area (Å²) in [4.78, 5) is 0. The maximum Gasteiger partial charge on any atom is 0.126 e. The Balaban J connectivity index is 2.06. The molecular weight excluding hydrogens is 202 g/mol. The SMILES string of the molecule is Cn1ncc(C(CC2CCCC2)NN)c1N. The number of nitrogens with two attached hydrogens (primary N) is 2. The molecule has 16 heavy (non-hydrogen) atoms. The highest BCUT2D eigenvalue weighted by Gasteiger charge is 2.23. The number of aromatic nitrogens is 2. The summed E-state index contributed by atoms with van der Waals surface area (Å²) in [5.74, 6) is 7.11. The van der Waals surface area contributed by atoms with Gasteiger partial charge in [0.2, 0.25) is 0 Å². The summed E-state index contributed by atoms with van der Waals surface area (Å²) in [6.07, 6.45) is 8.22. The minimum absolute atomic E-state index is 0.136. The minimum Gasteiger partial charge on any atom is -0.384 e. The average molecular weight is 223 g/mol. The molecule has 1 aromatic heterocycles. The van der Waals surface area contributed by atoms with Gasteiger partial charge in [0.25, 0.3) is 0 Å². The van der Waals surface area contributed by atoms with Crippen molar-refractivity contribution in [3.63, 3.8) is 0 Å². The Morgan fingerprint density at radius 1 is 1.56 bits per heavy atom. The van der Waals surface area contributed by atoms with Gasteiger partial charge in [0.1, 0.15) is 5.82 Å². The number of hydrogen-bond donors (Lipinski definition) is 3. The molecule has 5 heteroatoms. The summed E-state index contributed by atoms with van der Waals surface area (Å²) in [7, 11) is 1.85. The number of hydrazine groups is 1. The van der Waals surface area contributed by atoms with Crippen LogP contribution in [0.15, 0.2) is 6.20 Å². The van der Waals surface area contributed by atoms with Crippen molar-refractivity contribution in [2.45, 2.75) is 38.1 Å². The Morgan fingerprint density at radius 2 is 2.25 bits per heavy atom. The van der Waals surface area contributed by atoms with E-state index in [1.807, 2.05) is 13.2 Å². The molecule has 0 bridgehead atoms. The minimum atomic E-state index is 0.136. The zero-order valence-corrected chi connectivity index (χ0v) is 9.82. The number of hydrogen-bond acceptors (Lipinski definition) is 4. The van der Waals surface area contributed by atoms with Crippen LogP contribution in [0.5, 0.6) is 0 Å². The molecule has 1 heterocycles. The van der Waals surface area contributed by atoms with E-state index in [-0.39, 0.29) is 6.04 Å². The predicted molar refractivity (Wildman–Crippen MR) is 64.3 cm³/mol. The van der Waals surface area contributed by atoms with Gasteiger partial charge in [-0.1, -0.05) is 25.7 Å². The van der Waals surface area contributed by atoms with Crippen molar-refractivity contribution in [3.05, 3.63) is 11.8 Å². The quantitative estimate of drug-likeness (QED) is 0.527. The van der Waals surface area contributed by atoms with E-state index in [0.29, 0.717) is 5.82 Å². The molecule has 90 valence electrons. The first-order chi connectivity index (χ1) is 7.72. The van der Waals surface area contributed by atoms with E-state index in [0.717, 1.165) is 17.9 Å². The number of rotatable bonds is 4. The molecule has 1 aromatic rings. The van der Waals surface area contributed by atoms with Crippen LogP contribution in [0.25, 0.3) is 0 Å². The first-order valence-electron chi connectivity index (χ1n) is 5.96. The molecule has 1 saturated carbocycles. The first-order valence-corrected chi connectivity index (χ1v) is 5.96. The topological polar surface area (TPSA) is 81.9 Å². The molecule has 0 aromatic carbocycles. The zero-order chi connectivity index (χ0) is 11.5. The van der Waals surface area contributed by atoms with Gasteiger partial charge in [-0.3, -0.25) is 16.0 Å². The highest BCUT2D eigenvalue weighted by Crippen LogP contribution is 2.33. The summed E-state index contributed by atoms with van der Waals surface area (Å²) < 4.78 is 1.69. The van der Waals surface area contributed by atoms with Gasteiger partial charge in [-0.05, 0) is 12.3 Å². The molecule has 1 atom stereocenters. The summed E-state index contributed by atoms with van der Waals surface area (Å²) >= 11 is 0. The number of nitrogens with one attached hydrogen (secondary N) is 1. The standard InChI is InChI=1S/C11H21N5/c1-16-11(12)9(7-14-16)10(15-13)6-8-4-2-3-5-8/h7-8,10,15H,2-6,12-13H2,1H3. The molecule has 0 saturated heterocycles. The van der Waals surface area contributed by atoms with Crippen molar-refractivity contribution in [1.29, 1.82) is 0 Å². The summed E-state index contributed by atoms with van der Waals surface area (Å²) in [6, 6.07) is 0.136. The van der Waals surface area contributed by atoms with E-state index >= 15 is 0 Å². The van der Waals surface area contributed by atoms with E-state index in [1.54, 1.807) is 4.68 Å². The lowest BCUT2D eigenvalue weighted by Crippen LogP contribution is -2.29. The van der Waals surface area contributed by atoms with E-state index in [1.165, 1.54) is 25.7 Å². The van der Waals surface area contributed by atoms with Crippen LogP contribution >= 0.6 is 0 Å². The molecule has 2 rings (SSSR count). The van der Waals surface area contributed by atoms with Gasteiger partial charge in [-0.2, -0.15) is 5.10 Å². The summed E-state index contributed by atoms with van der Waals surface area (Å²) in [5, 5.41) is 4.16. The van der Waals surface area contributed by atoms with E-state index in [2.05, 4.69) is 10.5 Å². The van der Waals surface area contributed by atoms with Gasteiger partial charge in [0.15, 0.2) is 0 Å². The Hall–Kier alpha value is -1.07. The smallest absolute Gasteiger partial charge is 0.126 e. The van der Waals surface area contributed by atoms with Crippen molar-refractivity contribution >= 4 is 5.82 Å². The monoisotopic (exact) mass is 223 g/mol. The molecule has 0 amide bonds. The van der Waals surface area contributed by atoms with Crippen LogP contribution in [0.4, 0.5) is 5.82 Å². The molecule has 5 nitrogen and oxygen atoms in total. The third-order valence-corrected chi connectivity index (χ3v) is 3.63. The number of nitrogen functional groups attached to an aromatic ring is 1. The Kier molecular flexibility index (Phi) is 3.46. The van der Waals surface area contributed by atoms with E-state index in [4.69, 9.17) is 11.6 Å². The number of anilines is 1. The van der Waals surface area contributed by atoms with Crippen LogP contribution < -0.4 is 17.0 Å². The highest BCUT2D eigenvalue weighted by atomic mass is 15.3. The van der Waals surface area contributed by atoms with Gasteiger partial charge in [-0.15, -0.1) is 0 Å². The molecule has 0 spiro atoms. The summed E-state index contributed by atoms with van der Waals surface area (Å²) in [6.45, 7) is 0. The summed E-state index contributed by atoms with van der Waals surface area (Å²) in [5.41, 5.74) is 9.85. The first kappa shape index (κ1) is 11.4. The van der Waals surface area contributed by atoms with Gasteiger partial charge in [0, 0.05) is 12.6 Å². The van der Waals surface area contributed by atoms with Gasteiger partial charge in [-0.25, -0.2) is 0 Å². The van der Waals surface area contributed by atoms with Gasteiger partial charge >= 0.3 is 0 Å². The van der Waals surface area contributed by atoms with Gasteiger partial charge in [0.05, 0.1) is 12.2 Å². The van der Waals surface area contributed by atoms with Crippen LogP contribution in [0.1, 0.15) is 43.7 Å². The van der Waals surface area contributed by atoms with Crippen molar-refractivity contribution in [2.24, 2.45) is 18.8 Å². The normalized spacial score (nSPS) is 19.1. The largest absolute Gasteiger partial charge is 0.384 e. The lowest BCUT2D eigenvalue weighted by Gasteiger charge is -2.19. The molecule has 0 aliphatic heterocycles. The van der Waals surface area contributed by atoms with E-state index < -0.39 is 0 Å². The average Bonchev–Trinajstić information content (AvgIpc) is 2.88. The lowest BCUT2D eigenvalue weighted by atomic mass is 9.95. The Labute approximate surface area is 96.2 Å². The number of aryl methyl sites for hydroxylation is 1. The zero-order valence-electron chi connectivity index (χ0n) is 9.82. The fraction of sp³-hybridized carbons (Fsp3) is 0.727. The second-order valence-electron chi connectivity index (χ2n) is 4.71. The van der Waals surface area contributed by atoms with Crippen LogP contribution in [0.3, 0.4) is 0 Å². The molecular formula is C11H21N5. The predicted octanol–water partition coefficient (Wildman–Crippen LogP) is 1.09. The Morgan fingerprint density at radius 3 is 2.75 bits per heavy atom. The van der Waals surface area contributed by atoms with E-state index in [9.17, 15) is 0 Å². The molecule has 1 aliphatic carbocycles. The Bertz CT molecular complexity index is 340. The molecule has 5 N–H and O–H groups in total. The third-order valence-electron chi connectivity index (χ3n) is 3.63. The van der Waals surface area contributed by atoms with Crippen LogP contribution in [-0.2, 0) is 7.05 Å². The second kappa shape index (κ2) is 4.84. The third kappa shape index (κ3) is 2.20. The van der Waals surface area contributed by atoms with Crippen molar-refractivity contribution in [3.8, 4) is 0 Å². The van der Waals surface area contributed by atoms with Crippen molar-refractivity contribution < 1.29 is 0 Å². The van der Waals surface area contributed by atoms with Crippen molar-refractivity contribution in [1.82, 2.24) is 15.2 Å². The fourth-order valence-corrected chi connectivity index (χ4v) is 2.60. The molecule has 1 unspecified atom stereocenters. The maximum absolute atomic E-state index is 5.96. The maximum atomic E-state index is 5.96. The van der Waals surface area contributed by atoms with Crippen LogP contribution in [0, 0.1) is 5.92 Å². The van der Waals surface area contributed by atoms with Crippen LogP contribution in [0.2, 0.25) is 0 Å². The highest BCUT2D eigenvalue weighted by molar-refractivity contribution is 5.40. The second-order valence-corrected chi connectivity index (χ2v) is 4.71. The molecule has 1 aliphatic rings. The number of nitrogens with zero attached hydrogens (tertiary/aromatic N) is 2. The van der Waals surface area contributed by atoms with Crippen molar-refractivity contribution in [2.75, 3.05) is 5.73 Å². The van der Waals surface area contributed by atoms with Gasteiger partial charge < -0.3 is 5.73 Å². The molecule has 1 fully saturated rings.